The lowest BCUT2D eigenvalue weighted by atomic mass is 9.97. The van der Waals surface area contributed by atoms with Gasteiger partial charge >= 0.3 is 5.97 Å². The minimum atomic E-state index is -0.487. The van der Waals surface area contributed by atoms with Crippen LogP contribution in [-0.2, 0) is 66.9 Å². The minimum absolute atomic E-state index is 0.0488. The van der Waals surface area contributed by atoms with Gasteiger partial charge in [0.25, 0.3) is 5.91 Å². The molecule has 0 atom stereocenters. The molecule has 1 aliphatic heterocycles. The first-order chi connectivity index (χ1) is 24.0. The van der Waals surface area contributed by atoms with E-state index in [4.69, 9.17) is 33.3 Å². The van der Waals surface area contributed by atoms with E-state index in [1.807, 2.05) is 30.3 Å². The monoisotopic (exact) mass is 686 g/mol. The van der Waals surface area contributed by atoms with E-state index in [1.54, 1.807) is 12.0 Å². The molecule has 12 heteroatoms. The van der Waals surface area contributed by atoms with Crippen LogP contribution in [-0.4, -0.2) is 116 Å². The van der Waals surface area contributed by atoms with Crippen LogP contribution in [0.3, 0.4) is 0 Å². The number of ether oxygens (including phenoxy) is 6. The number of amides is 2. The van der Waals surface area contributed by atoms with Gasteiger partial charge in [-0.2, -0.15) is 5.48 Å². The Hall–Kier alpha value is -3.39. The fourth-order valence-electron chi connectivity index (χ4n) is 5.18. The average molecular weight is 687 g/mol. The molecule has 2 amide bonds. The van der Waals surface area contributed by atoms with Crippen molar-refractivity contribution in [3.63, 3.8) is 0 Å². The summed E-state index contributed by atoms with van der Waals surface area (Å²) >= 11 is 0. The lowest BCUT2D eigenvalue weighted by molar-refractivity contribution is -0.164. The third-order valence-corrected chi connectivity index (χ3v) is 8.00. The number of nitrogens with zero attached hydrogens (tertiary/aromatic N) is 1. The Bertz CT molecular complexity index is 1170. The molecule has 3 rings (SSSR count). The molecule has 0 spiro atoms. The van der Waals surface area contributed by atoms with E-state index >= 15 is 0 Å². The molecule has 0 bridgehead atoms. The van der Waals surface area contributed by atoms with Crippen molar-refractivity contribution in [2.24, 2.45) is 5.92 Å². The molecule has 272 valence electrons. The van der Waals surface area contributed by atoms with Crippen LogP contribution in [0.4, 0.5) is 0 Å². The van der Waals surface area contributed by atoms with E-state index < -0.39 is 5.97 Å². The molecule has 1 N–H and O–H groups in total. The zero-order valence-electron chi connectivity index (χ0n) is 28.9. The topological polar surface area (TPSA) is 131 Å². The first-order valence-electron chi connectivity index (χ1n) is 17.3. The average Bonchev–Trinajstić information content (AvgIpc) is 3.13. The number of hydrogen-bond donors (Lipinski definition) is 1. The van der Waals surface area contributed by atoms with Gasteiger partial charge in [0.05, 0.1) is 78.4 Å². The predicted molar refractivity (Wildman–Crippen MR) is 183 cm³/mol. The molecule has 1 heterocycles. The number of piperidine rings is 1. The molecule has 49 heavy (non-hydrogen) atoms. The Morgan fingerprint density at radius 3 is 1.69 bits per heavy atom. The molecule has 12 nitrogen and oxygen atoms in total. The highest BCUT2D eigenvalue weighted by molar-refractivity contribution is 5.81. The summed E-state index contributed by atoms with van der Waals surface area (Å²) in [7, 11) is 1.63. The summed E-state index contributed by atoms with van der Waals surface area (Å²) in [4.78, 5) is 44.2. The zero-order valence-corrected chi connectivity index (χ0v) is 28.9. The van der Waals surface area contributed by atoms with E-state index in [0.29, 0.717) is 92.0 Å². The largest absolute Gasteiger partial charge is 0.382 e. The van der Waals surface area contributed by atoms with Crippen LogP contribution >= 0.6 is 0 Å². The standard InChI is InChI=1S/C37H54N2O10/c1-43-19-20-44-21-22-45-23-24-46-25-26-47-27-28-48-30-36(41)39-17-15-34(16-18-39)37(42)49-38-35(40)29-33-13-11-32(12-14-33)10-6-5-9-31-7-3-2-4-8-31/h2-4,7-8,11-14,34H,5-6,9-10,15-30H2,1H3,(H,38,40). The SMILES string of the molecule is COCCOCCOCCOCCOCCOCC(=O)N1CCC(C(=O)ONC(=O)Cc2ccc(CCCCc3ccccc3)cc2)CC1. The van der Waals surface area contributed by atoms with E-state index in [9.17, 15) is 14.4 Å². The van der Waals surface area contributed by atoms with Crippen LogP contribution in [0.5, 0.6) is 0 Å². The zero-order chi connectivity index (χ0) is 34.8. The van der Waals surface area contributed by atoms with Gasteiger partial charge in [0.2, 0.25) is 5.91 Å². The van der Waals surface area contributed by atoms with Crippen molar-refractivity contribution in [1.29, 1.82) is 0 Å². The summed E-state index contributed by atoms with van der Waals surface area (Å²) in [6.45, 7) is 5.43. The number of benzene rings is 2. The Labute approximate surface area is 290 Å². The van der Waals surface area contributed by atoms with Crippen LogP contribution in [0.25, 0.3) is 0 Å². The first kappa shape index (κ1) is 40.0. The third-order valence-electron chi connectivity index (χ3n) is 8.00. The maximum atomic E-state index is 12.5. The molecule has 0 unspecified atom stereocenters. The molecular formula is C37H54N2O10. The summed E-state index contributed by atoms with van der Waals surface area (Å²) in [5, 5.41) is 0. The molecule has 0 radical (unpaired) electrons. The summed E-state index contributed by atoms with van der Waals surface area (Å²) in [5.41, 5.74) is 5.73. The molecule has 1 saturated heterocycles. The summed E-state index contributed by atoms with van der Waals surface area (Å²) in [6, 6.07) is 18.5. The van der Waals surface area contributed by atoms with Crippen LogP contribution in [0, 0.1) is 5.92 Å². The van der Waals surface area contributed by atoms with Gasteiger partial charge in [0, 0.05) is 20.2 Å². The van der Waals surface area contributed by atoms with Gasteiger partial charge < -0.3 is 38.2 Å². The van der Waals surface area contributed by atoms with Gasteiger partial charge in [-0.15, -0.1) is 0 Å². The number of aryl methyl sites for hydroxylation is 2. The number of hydroxylamine groups is 1. The number of methoxy groups -OCH3 is 1. The number of nitrogens with one attached hydrogen (secondary N) is 1. The van der Waals surface area contributed by atoms with Gasteiger partial charge in [-0.05, 0) is 55.2 Å². The lowest BCUT2D eigenvalue weighted by Crippen LogP contribution is -2.43. The third kappa shape index (κ3) is 18.3. The van der Waals surface area contributed by atoms with Crippen molar-refractivity contribution in [1.82, 2.24) is 10.4 Å². The Balaban J connectivity index is 1.14. The van der Waals surface area contributed by atoms with E-state index in [2.05, 4.69) is 29.7 Å². The smallest absolute Gasteiger partial charge is 0.335 e. The quantitative estimate of drug-likeness (QED) is 0.123. The van der Waals surface area contributed by atoms with E-state index in [-0.39, 0.29) is 30.8 Å². The maximum Gasteiger partial charge on any atom is 0.335 e. The summed E-state index contributed by atoms with van der Waals surface area (Å²) in [5.74, 6) is -1.38. The van der Waals surface area contributed by atoms with Crippen molar-refractivity contribution >= 4 is 17.8 Å². The van der Waals surface area contributed by atoms with Crippen molar-refractivity contribution in [3.05, 3.63) is 71.3 Å². The second-order valence-electron chi connectivity index (χ2n) is 11.8. The number of carbonyl (C=O) groups is 3. The van der Waals surface area contributed by atoms with Crippen LogP contribution in [0.1, 0.15) is 42.4 Å². The second-order valence-corrected chi connectivity index (χ2v) is 11.8. The van der Waals surface area contributed by atoms with Crippen molar-refractivity contribution < 1.29 is 47.6 Å². The first-order valence-corrected chi connectivity index (χ1v) is 17.3. The second kappa shape index (κ2) is 25.6. The van der Waals surface area contributed by atoms with Crippen LogP contribution in [0.15, 0.2) is 54.6 Å². The van der Waals surface area contributed by atoms with Gasteiger partial charge in [0.15, 0.2) is 0 Å². The molecule has 1 fully saturated rings. The minimum Gasteiger partial charge on any atom is -0.382 e. The molecule has 2 aromatic rings. The number of hydrogen-bond acceptors (Lipinski definition) is 10. The van der Waals surface area contributed by atoms with E-state index in [1.165, 1.54) is 11.1 Å². The molecule has 0 aromatic heterocycles. The Morgan fingerprint density at radius 2 is 1.14 bits per heavy atom. The number of unbranched alkanes of at least 4 members (excludes halogenated alkanes) is 1. The van der Waals surface area contributed by atoms with Crippen molar-refractivity contribution in [3.8, 4) is 0 Å². The van der Waals surface area contributed by atoms with Gasteiger partial charge in [-0.1, -0.05) is 54.6 Å². The van der Waals surface area contributed by atoms with Crippen molar-refractivity contribution in [2.45, 2.75) is 44.9 Å². The summed E-state index contributed by atoms with van der Waals surface area (Å²) < 4.78 is 31.9. The fourth-order valence-corrected chi connectivity index (χ4v) is 5.18. The number of rotatable bonds is 25. The normalized spacial score (nSPS) is 13.4. The van der Waals surface area contributed by atoms with Crippen LogP contribution in [0.2, 0.25) is 0 Å². The van der Waals surface area contributed by atoms with Crippen LogP contribution < -0.4 is 5.48 Å². The molecular weight excluding hydrogens is 632 g/mol. The van der Waals surface area contributed by atoms with Gasteiger partial charge in [-0.3, -0.25) is 9.59 Å². The number of carbonyl (C=O) groups excluding carboxylic acids is 3. The van der Waals surface area contributed by atoms with E-state index in [0.717, 1.165) is 31.2 Å². The Morgan fingerprint density at radius 1 is 0.653 bits per heavy atom. The lowest BCUT2D eigenvalue weighted by Gasteiger charge is -2.30. The fraction of sp³-hybridized carbons (Fsp3) is 0.595. The maximum absolute atomic E-state index is 12.5. The molecule has 0 saturated carbocycles. The predicted octanol–water partition coefficient (Wildman–Crippen LogP) is 3.34. The van der Waals surface area contributed by atoms with Crippen molar-refractivity contribution in [2.75, 3.05) is 92.9 Å². The molecule has 1 aliphatic rings. The molecule has 0 aliphatic carbocycles. The van der Waals surface area contributed by atoms with Gasteiger partial charge in [-0.25, -0.2) is 4.79 Å². The number of likely N-dealkylation sites (tertiary alicyclic amines) is 1. The van der Waals surface area contributed by atoms with Gasteiger partial charge in [0.1, 0.15) is 6.61 Å². The summed E-state index contributed by atoms with van der Waals surface area (Å²) in [6.07, 6.45) is 5.34. The Kier molecular flexibility index (Phi) is 20.9. The highest BCUT2D eigenvalue weighted by Crippen LogP contribution is 2.18. The molecule has 2 aromatic carbocycles. The highest BCUT2D eigenvalue weighted by atomic mass is 16.7. The highest BCUT2D eigenvalue weighted by Gasteiger charge is 2.29.